The van der Waals surface area contributed by atoms with Crippen molar-refractivity contribution in [3.8, 4) is 0 Å². The molecule has 1 nitrogen and oxygen atoms in total. The highest BCUT2D eigenvalue weighted by Crippen LogP contribution is 2.09. The Kier molecular flexibility index (Phi) is 6.73. The fourth-order valence-corrected chi connectivity index (χ4v) is 1.31. The van der Waals surface area contributed by atoms with Gasteiger partial charge in [0, 0.05) is 6.10 Å². The summed E-state index contributed by atoms with van der Waals surface area (Å²) in [6.45, 7) is 9.15. The fraction of sp³-hybridized carbons (Fsp3) is 1.00. The van der Waals surface area contributed by atoms with Crippen molar-refractivity contribution in [2.45, 2.75) is 59.3 Å². The summed E-state index contributed by atoms with van der Waals surface area (Å²) in [7, 11) is 0. The van der Waals surface area contributed by atoms with Gasteiger partial charge in [-0.25, -0.2) is 0 Å². The van der Waals surface area contributed by atoms with Crippen LogP contribution in [0.1, 0.15) is 40.5 Å². The number of hydrogen-bond donors (Lipinski definition) is 0. The molecule has 0 N–H and O–H groups in total. The van der Waals surface area contributed by atoms with Crippen LogP contribution in [0, 0.1) is 0 Å². The van der Waals surface area contributed by atoms with E-state index in [-0.39, 0.29) is 0 Å². The monoisotopic (exact) mass is 156 g/mol. The van der Waals surface area contributed by atoms with E-state index in [0.29, 0.717) is 13.0 Å². The van der Waals surface area contributed by atoms with E-state index in [2.05, 4.69) is 27.7 Å². The third-order valence-corrected chi connectivity index (χ3v) is 1.69. The lowest BCUT2D eigenvalue weighted by Crippen LogP contribution is -2.21. The first-order valence-corrected chi connectivity index (χ1v) is 4.86. The van der Waals surface area contributed by atoms with E-state index < -0.39 is 0 Å². The molecule has 2 heteroatoms. The van der Waals surface area contributed by atoms with Crippen LogP contribution in [-0.4, -0.2) is 13.0 Å². The van der Waals surface area contributed by atoms with Gasteiger partial charge in [0.2, 0.25) is 0 Å². The highest BCUT2D eigenvalue weighted by atomic mass is 16.4. The fourth-order valence-electron chi connectivity index (χ4n) is 1.31. The van der Waals surface area contributed by atoms with Gasteiger partial charge in [0.1, 0.15) is 0 Å². The van der Waals surface area contributed by atoms with Crippen molar-refractivity contribution in [3.63, 3.8) is 0 Å². The molecular weight excluding hydrogens is 135 g/mol. The van der Waals surface area contributed by atoms with Crippen molar-refractivity contribution in [2.75, 3.05) is 0 Å². The second-order valence-corrected chi connectivity index (χ2v) is 3.38. The van der Waals surface area contributed by atoms with E-state index >= 15 is 0 Å². The van der Waals surface area contributed by atoms with Crippen molar-refractivity contribution >= 4 is 6.92 Å². The summed E-state index contributed by atoms with van der Waals surface area (Å²) in [5.41, 5.74) is 0. The van der Waals surface area contributed by atoms with E-state index in [1.807, 2.05) is 0 Å². The lowest BCUT2D eigenvalue weighted by Gasteiger charge is -2.15. The standard InChI is InChI=1S/C9H21BO/c1-5-7-10(8-6-2)11-9(3)4/h9H,5-8H2,1-4H3. The minimum absolute atomic E-state index is 0.387. The molecule has 0 radical (unpaired) electrons. The third-order valence-electron chi connectivity index (χ3n) is 1.69. The summed E-state index contributed by atoms with van der Waals surface area (Å²) in [6.07, 6.45) is 5.28. The van der Waals surface area contributed by atoms with Crippen LogP contribution in [0.5, 0.6) is 0 Å². The molecule has 0 amide bonds. The van der Waals surface area contributed by atoms with Gasteiger partial charge in [-0.3, -0.25) is 0 Å². The Labute approximate surface area is 71.6 Å². The molecule has 0 unspecified atom stereocenters. The van der Waals surface area contributed by atoms with Crippen molar-refractivity contribution in [1.29, 1.82) is 0 Å². The second kappa shape index (κ2) is 6.72. The van der Waals surface area contributed by atoms with Gasteiger partial charge in [-0.1, -0.05) is 26.7 Å². The Morgan fingerprint density at radius 3 is 1.82 bits per heavy atom. The Bertz CT molecular complexity index is 77.6. The molecule has 11 heavy (non-hydrogen) atoms. The third kappa shape index (κ3) is 6.42. The molecule has 0 aliphatic heterocycles. The molecule has 0 aromatic rings. The van der Waals surface area contributed by atoms with Crippen LogP contribution in [0.3, 0.4) is 0 Å². The largest absolute Gasteiger partial charge is 0.434 e. The van der Waals surface area contributed by atoms with Gasteiger partial charge in [0.25, 0.3) is 6.92 Å². The summed E-state index contributed by atoms with van der Waals surface area (Å²) in [4.78, 5) is 0. The zero-order valence-corrected chi connectivity index (χ0v) is 8.39. The Morgan fingerprint density at radius 2 is 1.55 bits per heavy atom. The molecule has 0 aromatic carbocycles. The summed E-state index contributed by atoms with van der Waals surface area (Å²) >= 11 is 0. The van der Waals surface area contributed by atoms with Crippen LogP contribution in [0.2, 0.25) is 12.6 Å². The maximum Gasteiger partial charge on any atom is 0.293 e. The quantitative estimate of drug-likeness (QED) is 0.536. The molecule has 0 aliphatic carbocycles. The molecule has 0 heterocycles. The lowest BCUT2D eigenvalue weighted by atomic mass is 9.60. The topological polar surface area (TPSA) is 9.23 Å². The smallest absolute Gasteiger partial charge is 0.293 e. The normalized spacial score (nSPS) is 10.6. The first kappa shape index (κ1) is 11.0. The van der Waals surface area contributed by atoms with Crippen molar-refractivity contribution in [3.05, 3.63) is 0 Å². The molecule has 0 saturated carbocycles. The summed E-state index contributed by atoms with van der Waals surface area (Å²) in [6, 6.07) is 0. The highest BCUT2D eigenvalue weighted by molar-refractivity contribution is 6.51. The number of rotatable bonds is 6. The molecular formula is C9H21BO. The van der Waals surface area contributed by atoms with Gasteiger partial charge in [0.15, 0.2) is 0 Å². The molecule has 66 valence electrons. The minimum atomic E-state index is 0.387. The van der Waals surface area contributed by atoms with Gasteiger partial charge in [-0.15, -0.1) is 0 Å². The maximum absolute atomic E-state index is 5.73. The maximum atomic E-state index is 5.73. The van der Waals surface area contributed by atoms with E-state index in [4.69, 9.17) is 4.65 Å². The summed E-state index contributed by atoms with van der Waals surface area (Å²) in [5.74, 6) is 0. The second-order valence-electron chi connectivity index (χ2n) is 3.38. The predicted molar refractivity (Wildman–Crippen MR) is 52.2 cm³/mol. The zero-order valence-electron chi connectivity index (χ0n) is 8.39. The van der Waals surface area contributed by atoms with Gasteiger partial charge in [-0.2, -0.15) is 0 Å². The zero-order chi connectivity index (χ0) is 8.69. The van der Waals surface area contributed by atoms with Crippen LogP contribution < -0.4 is 0 Å². The van der Waals surface area contributed by atoms with E-state index in [0.717, 1.165) is 0 Å². The van der Waals surface area contributed by atoms with Crippen LogP contribution in [-0.2, 0) is 4.65 Å². The van der Waals surface area contributed by atoms with Crippen LogP contribution in [0.15, 0.2) is 0 Å². The van der Waals surface area contributed by atoms with Crippen LogP contribution in [0.25, 0.3) is 0 Å². The van der Waals surface area contributed by atoms with Crippen LogP contribution >= 0.6 is 0 Å². The van der Waals surface area contributed by atoms with Crippen molar-refractivity contribution in [2.24, 2.45) is 0 Å². The average Bonchev–Trinajstić information content (AvgIpc) is 1.87. The molecule has 0 fully saturated rings. The highest BCUT2D eigenvalue weighted by Gasteiger charge is 2.13. The van der Waals surface area contributed by atoms with Crippen molar-refractivity contribution < 1.29 is 4.65 Å². The molecule has 0 saturated heterocycles. The predicted octanol–water partition coefficient (Wildman–Crippen LogP) is 3.22. The Morgan fingerprint density at radius 1 is 1.09 bits per heavy atom. The molecule has 0 bridgehead atoms. The first-order chi connectivity index (χ1) is 5.20. The van der Waals surface area contributed by atoms with E-state index in [9.17, 15) is 0 Å². The van der Waals surface area contributed by atoms with E-state index in [1.165, 1.54) is 25.5 Å². The van der Waals surface area contributed by atoms with E-state index in [1.54, 1.807) is 0 Å². The SMILES string of the molecule is CCCB(CCC)OC(C)C. The summed E-state index contributed by atoms with van der Waals surface area (Å²) < 4.78 is 5.73. The van der Waals surface area contributed by atoms with Gasteiger partial charge < -0.3 is 4.65 Å². The van der Waals surface area contributed by atoms with Crippen LogP contribution in [0.4, 0.5) is 0 Å². The molecule has 0 atom stereocenters. The average molecular weight is 156 g/mol. The molecule has 0 aliphatic rings. The summed E-state index contributed by atoms with van der Waals surface area (Å²) in [5, 5.41) is 0. The van der Waals surface area contributed by atoms with Gasteiger partial charge >= 0.3 is 0 Å². The molecule has 0 spiro atoms. The minimum Gasteiger partial charge on any atom is -0.434 e. The first-order valence-electron chi connectivity index (χ1n) is 4.86. The lowest BCUT2D eigenvalue weighted by molar-refractivity contribution is 0.240. The Balaban J connectivity index is 3.50. The van der Waals surface area contributed by atoms with Gasteiger partial charge in [0.05, 0.1) is 0 Å². The molecule has 0 rings (SSSR count). The van der Waals surface area contributed by atoms with Crippen molar-refractivity contribution in [1.82, 2.24) is 0 Å². The Hall–Kier alpha value is 0.0249. The molecule has 0 aromatic heterocycles. The van der Waals surface area contributed by atoms with Gasteiger partial charge in [-0.05, 0) is 26.5 Å². The number of hydrogen-bond acceptors (Lipinski definition) is 1.